The Morgan fingerprint density at radius 3 is 2.79 bits per heavy atom. The Hall–Kier alpha value is -1.60. The fraction of sp³-hybridized carbons (Fsp3) is 0.417. The molecule has 19 heavy (non-hydrogen) atoms. The van der Waals surface area contributed by atoms with Crippen molar-refractivity contribution in [3.8, 4) is 0 Å². The third kappa shape index (κ3) is 3.24. The Kier molecular flexibility index (Phi) is 3.77. The van der Waals surface area contributed by atoms with Gasteiger partial charge in [0.05, 0.1) is 17.3 Å². The molecule has 0 bridgehead atoms. The van der Waals surface area contributed by atoms with Gasteiger partial charge in [-0.1, -0.05) is 6.92 Å². The van der Waals surface area contributed by atoms with Crippen LogP contribution in [0, 0.1) is 0 Å². The highest BCUT2D eigenvalue weighted by Crippen LogP contribution is 2.19. The summed E-state index contributed by atoms with van der Waals surface area (Å²) in [5.74, 6) is 0.927. The zero-order chi connectivity index (χ0) is 14.0. The van der Waals surface area contributed by atoms with Crippen molar-refractivity contribution in [2.75, 3.05) is 18.5 Å². The molecule has 1 aromatic heterocycles. The number of nitrogen functional groups attached to an aromatic ring is 1. The minimum Gasteiger partial charge on any atom is -0.399 e. The third-order valence-corrected chi connectivity index (χ3v) is 3.60. The van der Waals surface area contributed by atoms with Crippen LogP contribution in [0.15, 0.2) is 18.2 Å². The summed E-state index contributed by atoms with van der Waals surface area (Å²) in [7, 11) is -3.16. The normalized spacial score (nSPS) is 12.1. The van der Waals surface area contributed by atoms with E-state index in [9.17, 15) is 8.42 Å². The maximum atomic E-state index is 11.1. The van der Waals surface area contributed by atoms with Gasteiger partial charge in [0.25, 0.3) is 0 Å². The zero-order valence-electron chi connectivity index (χ0n) is 11.0. The van der Waals surface area contributed by atoms with Gasteiger partial charge in [-0.2, -0.15) is 0 Å². The number of hydrogen-bond donors (Lipinski definition) is 2. The molecule has 0 fully saturated rings. The van der Waals surface area contributed by atoms with Crippen LogP contribution in [-0.2, 0) is 23.0 Å². The standard InChI is InChI=1S/C12H18N4O2S/c1-3-12-15-10-8-9(13)4-5-11(10)16(12)7-6-14-19(2,17)18/h4-5,8,14H,3,6-7,13H2,1-2H3. The fourth-order valence-corrected chi connectivity index (χ4v) is 2.52. The van der Waals surface area contributed by atoms with E-state index in [1.165, 1.54) is 0 Å². The predicted molar refractivity (Wildman–Crippen MR) is 76.4 cm³/mol. The minimum absolute atomic E-state index is 0.349. The lowest BCUT2D eigenvalue weighted by atomic mass is 10.3. The number of nitrogens with one attached hydrogen (secondary N) is 1. The second kappa shape index (κ2) is 5.18. The summed E-state index contributed by atoms with van der Waals surface area (Å²) in [5, 5.41) is 0. The summed E-state index contributed by atoms with van der Waals surface area (Å²) >= 11 is 0. The minimum atomic E-state index is -3.16. The molecule has 0 radical (unpaired) electrons. The van der Waals surface area contributed by atoms with Crippen LogP contribution in [-0.4, -0.2) is 30.8 Å². The molecular weight excluding hydrogens is 264 g/mol. The molecule has 1 aromatic carbocycles. The summed E-state index contributed by atoms with van der Waals surface area (Å²) in [5.41, 5.74) is 8.23. The number of rotatable bonds is 5. The molecule has 3 N–H and O–H groups in total. The monoisotopic (exact) mass is 282 g/mol. The van der Waals surface area contributed by atoms with E-state index in [4.69, 9.17) is 5.73 Å². The van der Waals surface area contributed by atoms with Crippen LogP contribution >= 0.6 is 0 Å². The molecule has 0 saturated heterocycles. The highest BCUT2D eigenvalue weighted by atomic mass is 32.2. The van der Waals surface area contributed by atoms with Gasteiger partial charge in [0.1, 0.15) is 5.82 Å². The van der Waals surface area contributed by atoms with Crippen LogP contribution < -0.4 is 10.5 Å². The van der Waals surface area contributed by atoms with E-state index in [0.29, 0.717) is 18.8 Å². The molecule has 0 saturated carbocycles. The van der Waals surface area contributed by atoms with E-state index in [0.717, 1.165) is 29.5 Å². The van der Waals surface area contributed by atoms with Crippen LogP contribution in [0.5, 0.6) is 0 Å². The van der Waals surface area contributed by atoms with Gasteiger partial charge in [0.15, 0.2) is 0 Å². The first-order valence-electron chi connectivity index (χ1n) is 6.10. The van der Waals surface area contributed by atoms with E-state index in [-0.39, 0.29) is 0 Å². The van der Waals surface area contributed by atoms with E-state index >= 15 is 0 Å². The quantitative estimate of drug-likeness (QED) is 0.791. The number of hydrogen-bond acceptors (Lipinski definition) is 4. The summed E-state index contributed by atoms with van der Waals surface area (Å²) in [6.07, 6.45) is 1.94. The number of sulfonamides is 1. The molecule has 0 unspecified atom stereocenters. The molecule has 104 valence electrons. The molecule has 2 rings (SSSR count). The number of nitrogens with zero attached hydrogens (tertiary/aromatic N) is 2. The molecule has 0 amide bonds. The first-order chi connectivity index (χ1) is 8.90. The van der Waals surface area contributed by atoms with Crippen molar-refractivity contribution >= 4 is 26.7 Å². The largest absolute Gasteiger partial charge is 0.399 e. The molecule has 0 atom stereocenters. The van der Waals surface area contributed by atoms with Crippen molar-refractivity contribution in [1.82, 2.24) is 14.3 Å². The lowest BCUT2D eigenvalue weighted by Gasteiger charge is -2.08. The lowest BCUT2D eigenvalue weighted by Crippen LogP contribution is -2.26. The highest BCUT2D eigenvalue weighted by Gasteiger charge is 2.10. The fourth-order valence-electron chi connectivity index (χ4n) is 2.06. The Bertz CT molecular complexity index is 691. The SMILES string of the molecule is CCc1nc2cc(N)ccc2n1CCNS(C)(=O)=O. The van der Waals surface area contributed by atoms with Gasteiger partial charge in [0.2, 0.25) is 10.0 Å². The molecule has 7 heteroatoms. The topological polar surface area (TPSA) is 90.0 Å². The number of benzene rings is 1. The smallest absolute Gasteiger partial charge is 0.208 e. The Morgan fingerprint density at radius 2 is 2.16 bits per heavy atom. The van der Waals surface area contributed by atoms with Crippen molar-refractivity contribution in [2.45, 2.75) is 19.9 Å². The second-order valence-corrected chi connectivity index (χ2v) is 6.28. The number of fused-ring (bicyclic) bond motifs is 1. The average Bonchev–Trinajstić information content (AvgIpc) is 2.65. The molecule has 0 aliphatic carbocycles. The molecule has 0 aliphatic rings. The maximum Gasteiger partial charge on any atom is 0.208 e. The van der Waals surface area contributed by atoms with Gasteiger partial charge in [-0.05, 0) is 18.2 Å². The molecule has 0 spiro atoms. The van der Waals surface area contributed by atoms with Gasteiger partial charge in [-0.15, -0.1) is 0 Å². The van der Waals surface area contributed by atoms with E-state index in [1.54, 1.807) is 0 Å². The molecule has 6 nitrogen and oxygen atoms in total. The molecule has 1 heterocycles. The average molecular weight is 282 g/mol. The third-order valence-electron chi connectivity index (χ3n) is 2.87. The summed E-state index contributed by atoms with van der Waals surface area (Å²) in [6, 6.07) is 5.57. The number of aryl methyl sites for hydroxylation is 1. The van der Waals surface area contributed by atoms with Crippen molar-refractivity contribution in [2.24, 2.45) is 0 Å². The Labute approximate surface area is 112 Å². The predicted octanol–water partition coefficient (Wildman–Crippen LogP) is 0.730. The first-order valence-corrected chi connectivity index (χ1v) is 7.99. The maximum absolute atomic E-state index is 11.1. The van der Waals surface area contributed by atoms with E-state index < -0.39 is 10.0 Å². The lowest BCUT2D eigenvalue weighted by molar-refractivity contribution is 0.577. The molecule has 0 aliphatic heterocycles. The highest BCUT2D eigenvalue weighted by molar-refractivity contribution is 7.88. The van der Waals surface area contributed by atoms with Gasteiger partial charge < -0.3 is 10.3 Å². The Balaban J connectivity index is 2.30. The Morgan fingerprint density at radius 1 is 1.42 bits per heavy atom. The second-order valence-electron chi connectivity index (χ2n) is 4.45. The van der Waals surface area contributed by atoms with Crippen molar-refractivity contribution in [3.05, 3.63) is 24.0 Å². The number of aromatic nitrogens is 2. The van der Waals surface area contributed by atoms with Crippen LogP contribution in [0.2, 0.25) is 0 Å². The van der Waals surface area contributed by atoms with Crippen molar-refractivity contribution in [3.63, 3.8) is 0 Å². The molecule has 2 aromatic rings. The van der Waals surface area contributed by atoms with Crippen LogP contribution in [0.1, 0.15) is 12.7 Å². The number of anilines is 1. The zero-order valence-corrected chi connectivity index (χ0v) is 11.9. The number of nitrogens with two attached hydrogens (primary N) is 1. The first kappa shape index (κ1) is 13.8. The van der Waals surface area contributed by atoms with E-state index in [2.05, 4.69) is 9.71 Å². The molecular formula is C12H18N4O2S. The van der Waals surface area contributed by atoms with Gasteiger partial charge in [-0.25, -0.2) is 18.1 Å². The van der Waals surface area contributed by atoms with E-state index in [1.807, 2.05) is 29.7 Å². The number of imidazole rings is 1. The van der Waals surface area contributed by atoms with Crippen molar-refractivity contribution < 1.29 is 8.42 Å². The summed E-state index contributed by atoms with van der Waals surface area (Å²) < 4.78 is 26.6. The summed E-state index contributed by atoms with van der Waals surface area (Å²) in [4.78, 5) is 4.51. The van der Waals surface area contributed by atoms with Gasteiger partial charge in [0, 0.05) is 25.2 Å². The van der Waals surface area contributed by atoms with Gasteiger partial charge in [-0.3, -0.25) is 0 Å². The summed E-state index contributed by atoms with van der Waals surface area (Å²) in [6.45, 7) is 2.92. The van der Waals surface area contributed by atoms with Gasteiger partial charge >= 0.3 is 0 Å². The van der Waals surface area contributed by atoms with Crippen LogP contribution in [0.4, 0.5) is 5.69 Å². The van der Waals surface area contributed by atoms with Crippen LogP contribution in [0.3, 0.4) is 0 Å². The van der Waals surface area contributed by atoms with Crippen LogP contribution in [0.25, 0.3) is 11.0 Å². The van der Waals surface area contributed by atoms with Crippen molar-refractivity contribution in [1.29, 1.82) is 0 Å².